The number of carbonyl (C=O) groups is 2. The Bertz CT molecular complexity index is 884. The van der Waals surface area contributed by atoms with Crippen LogP contribution in [0.5, 0.6) is 0 Å². The first-order valence-electron chi connectivity index (χ1n) is 9.96. The lowest BCUT2D eigenvalue weighted by atomic mass is 9.94. The maximum atomic E-state index is 13.1. The van der Waals surface area contributed by atoms with E-state index in [4.69, 9.17) is 4.74 Å². The van der Waals surface area contributed by atoms with Crippen molar-refractivity contribution in [3.05, 3.63) is 69.1 Å². The number of aryl methyl sites for hydroxylation is 1. The van der Waals surface area contributed by atoms with Gasteiger partial charge in [-0.1, -0.05) is 37.3 Å². The van der Waals surface area contributed by atoms with Crippen molar-refractivity contribution < 1.29 is 19.4 Å². The molecule has 1 aromatic carbocycles. The summed E-state index contributed by atoms with van der Waals surface area (Å²) in [5.74, 6) is -1.24. The monoisotopic (exact) mass is 413 g/mol. The number of nitrogens with zero attached hydrogens (tertiary/aromatic N) is 1. The second-order valence-corrected chi connectivity index (χ2v) is 8.29. The number of amides is 1. The van der Waals surface area contributed by atoms with Crippen LogP contribution >= 0.6 is 11.3 Å². The lowest BCUT2D eigenvalue weighted by molar-refractivity contribution is -0.129. The summed E-state index contributed by atoms with van der Waals surface area (Å²) in [7, 11) is 0. The van der Waals surface area contributed by atoms with E-state index >= 15 is 0 Å². The molecule has 2 aromatic rings. The second kappa shape index (κ2) is 9.37. The van der Waals surface area contributed by atoms with E-state index in [0.29, 0.717) is 24.4 Å². The number of hydrogen-bond acceptors (Lipinski definition) is 5. The first-order chi connectivity index (χ1) is 13.9. The van der Waals surface area contributed by atoms with Crippen LogP contribution in [0.25, 0.3) is 0 Å². The highest BCUT2D eigenvalue weighted by Crippen LogP contribution is 2.39. The van der Waals surface area contributed by atoms with E-state index in [1.807, 2.05) is 43.5 Å². The quantitative estimate of drug-likeness (QED) is 0.478. The van der Waals surface area contributed by atoms with Crippen LogP contribution in [0.4, 0.5) is 0 Å². The molecule has 1 amide bonds. The molecule has 1 aromatic heterocycles. The molecule has 6 heteroatoms. The zero-order valence-corrected chi connectivity index (χ0v) is 17.9. The molecule has 5 nitrogen and oxygen atoms in total. The Hall–Kier alpha value is -2.44. The zero-order valence-electron chi connectivity index (χ0n) is 17.1. The Labute approximate surface area is 175 Å². The van der Waals surface area contributed by atoms with Crippen molar-refractivity contribution in [2.75, 3.05) is 13.2 Å². The van der Waals surface area contributed by atoms with E-state index in [1.165, 1.54) is 16.9 Å². The molecule has 1 aliphatic heterocycles. The van der Waals surface area contributed by atoms with Gasteiger partial charge in [-0.25, -0.2) is 0 Å². The molecule has 154 valence electrons. The number of hydrogen-bond donors (Lipinski definition) is 1. The average molecular weight is 414 g/mol. The predicted molar refractivity (Wildman–Crippen MR) is 114 cm³/mol. The van der Waals surface area contributed by atoms with Crippen LogP contribution in [0.15, 0.2) is 53.1 Å². The van der Waals surface area contributed by atoms with E-state index in [1.54, 1.807) is 17.0 Å². The Balaban J connectivity index is 1.93. The van der Waals surface area contributed by atoms with Gasteiger partial charge >= 0.3 is 0 Å². The van der Waals surface area contributed by atoms with Crippen LogP contribution in [0.1, 0.15) is 54.0 Å². The fraction of sp³-hybridized carbons (Fsp3) is 0.391. The molecule has 29 heavy (non-hydrogen) atoms. The maximum Gasteiger partial charge on any atom is 0.290 e. The molecule has 2 heterocycles. The predicted octanol–water partition coefficient (Wildman–Crippen LogP) is 4.70. The third-order valence-corrected chi connectivity index (χ3v) is 5.86. The topological polar surface area (TPSA) is 66.8 Å². The van der Waals surface area contributed by atoms with Crippen LogP contribution in [0.2, 0.25) is 0 Å². The highest BCUT2D eigenvalue weighted by Gasteiger charge is 2.43. The third-order valence-electron chi connectivity index (χ3n) is 4.99. The van der Waals surface area contributed by atoms with E-state index in [0.717, 1.165) is 12.0 Å². The molecule has 0 fully saturated rings. The molecular formula is C23H27NO4S. The minimum atomic E-state index is -0.595. The van der Waals surface area contributed by atoms with Gasteiger partial charge in [0.25, 0.3) is 5.91 Å². The Morgan fingerprint density at radius 2 is 1.97 bits per heavy atom. The fourth-order valence-electron chi connectivity index (χ4n) is 3.49. The number of ketones is 1. The van der Waals surface area contributed by atoms with E-state index < -0.39 is 17.7 Å². The van der Waals surface area contributed by atoms with Gasteiger partial charge in [-0.05, 0) is 49.3 Å². The number of carbonyl (C=O) groups excluding carboxylic acids is 2. The van der Waals surface area contributed by atoms with Crippen LogP contribution in [0.3, 0.4) is 0 Å². The van der Waals surface area contributed by atoms with Gasteiger partial charge in [-0.3, -0.25) is 9.59 Å². The van der Waals surface area contributed by atoms with Gasteiger partial charge in [0.05, 0.1) is 22.6 Å². The van der Waals surface area contributed by atoms with Crippen LogP contribution in [0, 0.1) is 0 Å². The van der Waals surface area contributed by atoms with Gasteiger partial charge in [0.15, 0.2) is 5.76 Å². The third kappa shape index (κ3) is 4.60. The molecule has 1 atom stereocenters. The van der Waals surface area contributed by atoms with Crippen molar-refractivity contribution in [3.8, 4) is 0 Å². The molecular weight excluding hydrogens is 386 g/mol. The summed E-state index contributed by atoms with van der Waals surface area (Å²) in [5.41, 5.74) is 2.16. The Morgan fingerprint density at radius 3 is 2.55 bits per heavy atom. The van der Waals surface area contributed by atoms with Gasteiger partial charge in [-0.15, -0.1) is 11.3 Å². The zero-order chi connectivity index (χ0) is 21.0. The molecule has 0 aliphatic carbocycles. The van der Waals surface area contributed by atoms with Crippen LogP contribution in [-0.4, -0.2) is 41.0 Å². The fourth-order valence-corrected chi connectivity index (χ4v) is 4.17. The molecule has 1 unspecified atom stereocenters. The number of aliphatic hydroxyl groups excluding tert-OH is 1. The van der Waals surface area contributed by atoms with E-state index in [9.17, 15) is 14.7 Å². The highest BCUT2D eigenvalue weighted by molar-refractivity contribution is 7.12. The lowest BCUT2D eigenvalue weighted by Crippen LogP contribution is -2.32. The van der Waals surface area contributed by atoms with Crippen molar-refractivity contribution in [1.82, 2.24) is 4.90 Å². The highest BCUT2D eigenvalue weighted by atomic mass is 32.1. The molecule has 0 spiro atoms. The molecule has 0 bridgehead atoms. The molecule has 1 N–H and O–H groups in total. The lowest BCUT2D eigenvalue weighted by Gasteiger charge is -2.27. The van der Waals surface area contributed by atoms with Crippen molar-refractivity contribution >= 4 is 23.0 Å². The summed E-state index contributed by atoms with van der Waals surface area (Å²) >= 11 is 1.31. The van der Waals surface area contributed by atoms with Crippen molar-refractivity contribution in [1.29, 1.82) is 0 Å². The van der Waals surface area contributed by atoms with E-state index in [2.05, 4.69) is 6.92 Å². The molecule has 0 saturated heterocycles. The normalized spacial score (nSPS) is 16.9. The minimum absolute atomic E-state index is 0.115. The first kappa shape index (κ1) is 21.3. The smallest absolute Gasteiger partial charge is 0.290 e. The first-order valence-corrected chi connectivity index (χ1v) is 10.8. The molecule has 1 aliphatic rings. The van der Waals surface area contributed by atoms with Gasteiger partial charge < -0.3 is 14.7 Å². The second-order valence-electron chi connectivity index (χ2n) is 7.34. The van der Waals surface area contributed by atoms with Gasteiger partial charge in [0, 0.05) is 13.2 Å². The van der Waals surface area contributed by atoms with Crippen LogP contribution in [-0.2, 0) is 16.0 Å². The van der Waals surface area contributed by atoms with E-state index in [-0.39, 0.29) is 17.5 Å². The summed E-state index contributed by atoms with van der Waals surface area (Å²) < 4.78 is 5.59. The number of Topliss-reactive ketones (excluding diaryl/α,β-unsaturated/α-hetero) is 1. The van der Waals surface area contributed by atoms with Crippen LogP contribution < -0.4 is 0 Å². The van der Waals surface area contributed by atoms with Gasteiger partial charge in [0.1, 0.15) is 0 Å². The SMILES string of the molecule is CCc1ccc(C2C(C(=O)c3cccs3)=C(O)C(=O)N2CCCOC(C)C)cc1. The summed E-state index contributed by atoms with van der Waals surface area (Å²) in [4.78, 5) is 28.1. The largest absolute Gasteiger partial charge is 0.503 e. The van der Waals surface area contributed by atoms with Gasteiger partial charge in [0.2, 0.25) is 5.78 Å². The minimum Gasteiger partial charge on any atom is -0.503 e. The maximum absolute atomic E-state index is 13.1. The molecule has 3 rings (SSSR count). The van der Waals surface area contributed by atoms with Crippen molar-refractivity contribution in [2.24, 2.45) is 0 Å². The molecule has 0 saturated carbocycles. The standard InChI is InChI=1S/C23H27NO4S/c1-4-16-8-10-17(11-9-16)20-19(21(25)18-7-5-14-29-18)22(26)23(27)24(20)12-6-13-28-15(2)3/h5,7-11,14-15,20,26H,4,6,12-13H2,1-3H3. The average Bonchev–Trinajstić information content (AvgIpc) is 3.33. The molecule has 0 radical (unpaired) electrons. The summed E-state index contributed by atoms with van der Waals surface area (Å²) in [6.45, 7) is 6.91. The number of aliphatic hydroxyl groups is 1. The van der Waals surface area contributed by atoms with Gasteiger partial charge in [-0.2, -0.15) is 0 Å². The Kier molecular flexibility index (Phi) is 6.87. The van der Waals surface area contributed by atoms with Crippen molar-refractivity contribution in [3.63, 3.8) is 0 Å². The number of ether oxygens (including phenoxy) is 1. The van der Waals surface area contributed by atoms with Crippen molar-refractivity contribution in [2.45, 2.75) is 45.8 Å². The summed E-state index contributed by atoms with van der Waals surface area (Å²) in [6, 6.07) is 10.8. The summed E-state index contributed by atoms with van der Waals surface area (Å²) in [5, 5.41) is 12.4. The number of rotatable bonds is 9. The Morgan fingerprint density at radius 1 is 1.24 bits per heavy atom. The number of benzene rings is 1. The number of thiophene rings is 1. The summed E-state index contributed by atoms with van der Waals surface area (Å²) in [6.07, 6.45) is 1.65.